The number of aromatic carboxylic acids is 1. The van der Waals surface area contributed by atoms with Gasteiger partial charge in [-0.3, -0.25) is 0 Å². The lowest BCUT2D eigenvalue weighted by atomic mass is 9.94. The number of thiazole rings is 1. The predicted octanol–water partition coefficient (Wildman–Crippen LogP) is 3.42. The molecule has 106 valence electrons. The van der Waals surface area contributed by atoms with Crippen molar-refractivity contribution >= 4 is 22.4 Å². The van der Waals surface area contributed by atoms with Crippen LogP contribution >= 0.6 is 11.3 Å². The third kappa shape index (κ3) is 3.08. The number of carbonyl (C=O) groups is 1. The molecule has 1 aliphatic heterocycles. The maximum Gasteiger partial charge on any atom is 0.347 e. The van der Waals surface area contributed by atoms with E-state index in [-0.39, 0.29) is 0 Å². The van der Waals surface area contributed by atoms with E-state index in [9.17, 15) is 9.90 Å². The normalized spacial score (nSPS) is 23.6. The largest absolute Gasteiger partial charge is 0.477 e. The SMILES string of the molecule is CCCc1nc(N2CCC(C)CC2C)sc1C(=O)O. The van der Waals surface area contributed by atoms with Gasteiger partial charge >= 0.3 is 5.97 Å². The second-order valence-corrected chi connectivity index (χ2v) is 6.48. The minimum Gasteiger partial charge on any atom is -0.477 e. The number of aromatic nitrogens is 1. The molecule has 1 N–H and O–H groups in total. The number of carboxylic acids is 1. The monoisotopic (exact) mass is 282 g/mol. The number of piperidine rings is 1. The van der Waals surface area contributed by atoms with E-state index in [0.717, 1.165) is 49.0 Å². The molecule has 1 aromatic rings. The lowest BCUT2D eigenvalue weighted by Gasteiger charge is -2.36. The highest BCUT2D eigenvalue weighted by atomic mass is 32.1. The van der Waals surface area contributed by atoms with Crippen molar-refractivity contribution in [2.24, 2.45) is 5.92 Å². The van der Waals surface area contributed by atoms with Crippen molar-refractivity contribution in [2.45, 2.75) is 52.5 Å². The molecule has 0 spiro atoms. The minimum absolute atomic E-state index is 0.419. The first kappa shape index (κ1) is 14.3. The molecule has 4 nitrogen and oxygen atoms in total. The number of anilines is 1. The molecule has 1 saturated heterocycles. The van der Waals surface area contributed by atoms with Crippen molar-refractivity contribution in [3.05, 3.63) is 10.6 Å². The molecule has 2 rings (SSSR count). The highest BCUT2D eigenvalue weighted by Gasteiger charge is 2.27. The summed E-state index contributed by atoms with van der Waals surface area (Å²) in [6, 6.07) is 0.450. The number of nitrogens with zero attached hydrogens (tertiary/aromatic N) is 2. The van der Waals surface area contributed by atoms with E-state index in [1.54, 1.807) is 0 Å². The van der Waals surface area contributed by atoms with Gasteiger partial charge in [-0.05, 0) is 32.1 Å². The van der Waals surface area contributed by atoms with Crippen LogP contribution in [-0.4, -0.2) is 28.6 Å². The molecule has 1 aliphatic rings. The van der Waals surface area contributed by atoms with Gasteiger partial charge in [0.05, 0.1) is 5.69 Å². The van der Waals surface area contributed by atoms with Crippen molar-refractivity contribution in [1.82, 2.24) is 4.98 Å². The molecule has 2 unspecified atom stereocenters. The van der Waals surface area contributed by atoms with Crippen LogP contribution in [0.4, 0.5) is 5.13 Å². The lowest BCUT2D eigenvalue weighted by molar-refractivity contribution is 0.0700. The molecular weight excluding hydrogens is 260 g/mol. The fourth-order valence-corrected chi connectivity index (χ4v) is 3.81. The van der Waals surface area contributed by atoms with Crippen molar-refractivity contribution in [2.75, 3.05) is 11.4 Å². The Bertz CT molecular complexity index is 458. The van der Waals surface area contributed by atoms with E-state index in [0.29, 0.717) is 10.9 Å². The average molecular weight is 282 g/mol. The number of carboxylic acid groups (broad SMARTS) is 1. The Kier molecular flexibility index (Phi) is 4.45. The van der Waals surface area contributed by atoms with Crippen LogP contribution in [0.3, 0.4) is 0 Å². The second kappa shape index (κ2) is 5.90. The van der Waals surface area contributed by atoms with Crippen LogP contribution in [-0.2, 0) is 6.42 Å². The molecule has 0 bridgehead atoms. The molecule has 19 heavy (non-hydrogen) atoms. The summed E-state index contributed by atoms with van der Waals surface area (Å²) >= 11 is 1.33. The molecule has 0 radical (unpaired) electrons. The Morgan fingerprint density at radius 1 is 1.53 bits per heavy atom. The summed E-state index contributed by atoms with van der Waals surface area (Å²) in [4.78, 5) is 18.6. The van der Waals surface area contributed by atoms with Crippen LogP contribution in [0.2, 0.25) is 0 Å². The van der Waals surface area contributed by atoms with E-state index in [4.69, 9.17) is 0 Å². The van der Waals surface area contributed by atoms with Crippen LogP contribution in [0.1, 0.15) is 55.4 Å². The number of aryl methyl sites for hydroxylation is 1. The molecule has 1 aromatic heterocycles. The standard InChI is InChI=1S/C14H22N2O2S/c1-4-5-11-12(13(17)18)19-14(15-11)16-7-6-9(2)8-10(16)3/h9-10H,4-8H2,1-3H3,(H,17,18). The molecule has 1 fully saturated rings. The third-order valence-electron chi connectivity index (χ3n) is 3.75. The van der Waals surface area contributed by atoms with Gasteiger partial charge in [0.25, 0.3) is 0 Å². The first-order valence-corrected chi connectivity index (χ1v) is 7.84. The van der Waals surface area contributed by atoms with Crippen molar-refractivity contribution in [3.8, 4) is 0 Å². The van der Waals surface area contributed by atoms with E-state index in [1.165, 1.54) is 11.3 Å². The summed E-state index contributed by atoms with van der Waals surface area (Å²) in [5.74, 6) is -0.0921. The fourth-order valence-electron chi connectivity index (χ4n) is 2.73. The van der Waals surface area contributed by atoms with Crippen LogP contribution in [0, 0.1) is 5.92 Å². The first-order chi connectivity index (χ1) is 9.02. The van der Waals surface area contributed by atoms with Gasteiger partial charge in [0.1, 0.15) is 4.88 Å². The zero-order chi connectivity index (χ0) is 14.0. The van der Waals surface area contributed by atoms with Crippen molar-refractivity contribution in [3.63, 3.8) is 0 Å². The van der Waals surface area contributed by atoms with E-state index in [2.05, 4.69) is 30.7 Å². The third-order valence-corrected chi connectivity index (χ3v) is 4.87. The van der Waals surface area contributed by atoms with Gasteiger partial charge < -0.3 is 10.0 Å². The molecule has 5 heteroatoms. The summed E-state index contributed by atoms with van der Waals surface area (Å²) in [6.07, 6.45) is 3.99. The second-order valence-electron chi connectivity index (χ2n) is 5.50. The van der Waals surface area contributed by atoms with Gasteiger partial charge in [0, 0.05) is 12.6 Å². The zero-order valence-electron chi connectivity index (χ0n) is 11.8. The Morgan fingerprint density at radius 3 is 2.84 bits per heavy atom. The highest BCUT2D eigenvalue weighted by molar-refractivity contribution is 7.17. The smallest absolute Gasteiger partial charge is 0.347 e. The average Bonchev–Trinajstić information content (AvgIpc) is 2.73. The van der Waals surface area contributed by atoms with Crippen LogP contribution < -0.4 is 4.90 Å². The van der Waals surface area contributed by atoms with Crippen LogP contribution in [0.25, 0.3) is 0 Å². The molecule has 0 aromatic carbocycles. The molecule has 2 atom stereocenters. The van der Waals surface area contributed by atoms with Gasteiger partial charge in [-0.2, -0.15) is 0 Å². The van der Waals surface area contributed by atoms with Crippen LogP contribution in [0.15, 0.2) is 0 Å². The summed E-state index contributed by atoms with van der Waals surface area (Å²) in [5, 5.41) is 10.2. The highest BCUT2D eigenvalue weighted by Crippen LogP contribution is 2.33. The Balaban J connectivity index is 2.25. The molecule has 2 heterocycles. The number of hydrogen-bond acceptors (Lipinski definition) is 4. The summed E-state index contributed by atoms with van der Waals surface area (Å²) in [5.41, 5.74) is 0.751. The van der Waals surface area contributed by atoms with Crippen molar-refractivity contribution in [1.29, 1.82) is 0 Å². The molecule has 0 aliphatic carbocycles. The maximum absolute atomic E-state index is 11.3. The maximum atomic E-state index is 11.3. The van der Waals surface area contributed by atoms with Gasteiger partial charge in [-0.25, -0.2) is 9.78 Å². The summed E-state index contributed by atoms with van der Waals surface area (Å²) in [6.45, 7) is 7.52. The Labute approximate surface area is 118 Å². The lowest BCUT2D eigenvalue weighted by Crippen LogP contribution is -2.40. The first-order valence-electron chi connectivity index (χ1n) is 7.02. The van der Waals surface area contributed by atoms with E-state index >= 15 is 0 Å². The quantitative estimate of drug-likeness (QED) is 0.919. The van der Waals surface area contributed by atoms with E-state index < -0.39 is 5.97 Å². The van der Waals surface area contributed by atoms with Gasteiger partial charge in [-0.1, -0.05) is 31.6 Å². The van der Waals surface area contributed by atoms with Gasteiger partial charge in [0.2, 0.25) is 0 Å². The number of hydrogen-bond donors (Lipinski definition) is 1. The fraction of sp³-hybridized carbons (Fsp3) is 0.714. The van der Waals surface area contributed by atoms with Gasteiger partial charge in [-0.15, -0.1) is 0 Å². The van der Waals surface area contributed by atoms with E-state index in [1.807, 2.05) is 0 Å². The minimum atomic E-state index is -0.842. The zero-order valence-corrected chi connectivity index (χ0v) is 12.7. The topological polar surface area (TPSA) is 53.4 Å². The van der Waals surface area contributed by atoms with Crippen LogP contribution in [0.5, 0.6) is 0 Å². The Hall–Kier alpha value is -1.10. The predicted molar refractivity (Wildman–Crippen MR) is 78.3 cm³/mol. The van der Waals surface area contributed by atoms with Gasteiger partial charge in [0.15, 0.2) is 5.13 Å². The molecular formula is C14H22N2O2S. The number of rotatable bonds is 4. The Morgan fingerprint density at radius 2 is 2.26 bits per heavy atom. The summed E-state index contributed by atoms with van der Waals surface area (Å²) in [7, 11) is 0. The van der Waals surface area contributed by atoms with Crippen molar-refractivity contribution < 1.29 is 9.90 Å². The molecule has 0 amide bonds. The molecule has 0 saturated carbocycles. The summed E-state index contributed by atoms with van der Waals surface area (Å²) < 4.78 is 0.